The summed E-state index contributed by atoms with van der Waals surface area (Å²) in [5.41, 5.74) is -1.34. The van der Waals surface area contributed by atoms with E-state index in [1.165, 1.54) is 7.11 Å². The Labute approximate surface area is 112 Å². The zero-order chi connectivity index (χ0) is 15.4. The largest absolute Gasteiger partial charge is 0.389 e. The third kappa shape index (κ3) is 3.45. The SMILES string of the molecule is COCC(O)CN(C)C(=O)c1c(F)c(F)cc(F)c1F. The Bertz CT molecular complexity index is 484. The highest BCUT2D eigenvalue weighted by Crippen LogP contribution is 2.20. The molecular weight excluding hydrogens is 282 g/mol. The molecule has 8 heteroatoms. The second-order valence-electron chi connectivity index (χ2n) is 4.14. The smallest absolute Gasteiger partial charge is 0.259 e. The summed E-state index contributed by atoms with van der Waals surface area (Å²) in [5, 5.41) is 9.41. The van der Waals surface area contributed by atoms with Gasteiger partial charge in [0.25, 0.3) is 5.91 Å². The van der Waals surface area contributed by atoms with Gasteiger partial charge >= 0.3 is 0 Å². The van der Waals surface area contributed by atoms with E-state index in [-0.39, 0.29) is 19.2 Å². The highest BCUT2D eigenvalue weighted by molar-refractivity contribution is 5.94. The van der Waals surface area contributed by atoms with Crippen LogP contribution in [0.5, 0.6) is 0 Å². The van der Waals surface area contributed by atoms with Crippen LogP contribution < -0.4 is 0 Å². The van der Waals surface area contributed by atoms with Crippen molar-refractivity contribution in [2.75, 3.05) is 27.3 Å². The van der Waals surface area contributed by atoms with Crippen molar-refractivity contribution >= 4 is 5.91 Å². The molecule has 0 aliphatic rings. The molecule has 1 unspecified atom stereocenters. The molecule has 0 aliphatic heterocycles. The lowest BCUT2D eigenvalue weighted by atomic mass is 10.1. The average Bonchev–Trinajstić information content (AvgIpc) is 2.36. The van der Waals surface area contributed by atoms with Gasteiger partial charge in [-0.1, -0.05) is 0 Å². The summed E-state index contributed by atoms with van der Waals surface area (Å²) in [6, 6.07) is 0.0151. The molecule has 0 aliphatic carbocycles. The molecule has 20 heavy (non-hydrogen) atoms. The fourth-order valence-electron chi connectivity index (χ4n) is 1.60. The van der Waals surface area contributed by atoms with E-state index < -0.39 is 40.8 Å². The average molecular weight is 295 g/mol. The Morgan fingerprint density at radius 2 is 1.80 bits per heavy atom. The molecule has 0 fully saturated rings. The number of ether oxygens (including phenoxy) is 1. The molecule has 0 saturated carbocycles. The number of nitrogens with zero attached hydrogens (tertiary/aromatic N) is 1. The van der Waals surface area contributed by atoms with Crippen molar-refractivity contribution < 1.29 is 32.2 Å². The molecule has 0 saturated heterocycles. The Hall–Kier alpha value is -1.67. The van der Waals surface area contributed by atoms with Crippen LogP contribution in [0.1, 0.15) is 10.4 Å². The number of carbonyl (C=O) groups is 1. The number of aliphatic hydroxyl groups is 1. The fourth-order valence-corrected chi connectivity index (χ4v) is 1.60. The molecule has 0 heterocycles. The van der Waals surface area contributed by atoms with Crippen molar-refractivity contribution in [2.45, 2.75) is 6.10 Å². The number of carbonyl (C=O) groups excluding carboxylic acids is 1. The Kier molecular flexibility index (Phi) is 5.46. The lowest BCUT2D eigenvalue weighted by Gasteiger charge is -2.21. The second kappa shape index (κ2) is 6.67. The van der Waals surface area contributed by atoms with Crippen LogP contribution in [0.3, 0.4) is 0 Å². The molecule has 1 aromatic rings. The van der Waals surface area contributed by atoms with E-state index in [9.17, 15) is 27.5 Å². The van der Waals surface area contributed by atoms with Gasteiger partial charge in [0.15, 0.2) is 23.3 Å². The highest BCUT2D eigenvalue weighted by atomic mass is 19.2. The topological polar surface area (TPSA) is 49.8 Å². The first-order valence-electron chi connectivity index (χ1n) is 5.55. The van der Waals surface area contributed by atoms with E-state index in [1.54, 1.807) is 0 Å². The van der Waals surface area contributed by atoms with E-state index in [0.29, 0.717) is 0 Å². The van der Waals surface area contributed by atoms with Gasteiger partial charge in [0.05, 0.1) is 12.7 Å². The van der Waals surface area contributed by atoms with Gasteiger partial charge in [-0.3, -0.25) is 4.79 Å². The van der Waals surface area contributed by atoms with Crippen LogP contribution in [-0.4, -0.2) is 49.3 Å². The molecule has 4 nitrogen and oxygen atoms in total. The van der Waals surface area contributed by atoms with Gasteiger partial charge in [-0.25, -0.2) is 17.6 Å². The Morgan fingerprint density at radius 3 is 2.25 bits per heavy atom. The van der Waals surface area contributed by atoms with Gasteiger partial charge in [0.1, 0.15) is 5.56 Å². The maximum Gasteiger partial charge on any atom is 0.259 e. The minimum Gasteiger partial charge on any atom is -0.389 e. The molecule has 0 aromatic heterocycles. The quantitative estimate of drug-likeness (QED) is 0.658. The minimum atomic E-state index is -1.78. The van der Waals surface area contributed by atoms with Gasteiger partial charge in [-0.2, -0.15) is 0 Å². The van der Waals surface area contributed by atoms with Gasteiger partial charge < -0.3 is 14.7 Å². The first-order chi connectivity index (χ1) is 9.29. The van der Waals surface area contributed by atoms with Gasteiger partial charge in [0, 0.05) is 26.8 Å². The molecular formula is C12H13F4NO3. The van der Waals surface area contributed by atoms with Gasteiger partial charge in [-0.15, -0.1) is 0 Å². The van der Waals surface area contributed by atoms with Crippen LogP contribution in [0.2, 0.25) is 0 Å². The molecule has 0 radical (unpaired) electrons. The maximum absolute atomic E-state index is 13.4. The number of likely N-dealkylation sites (N-methyl/N-ethyl adjacent to an activating group) is 1. The molecule has 0 bridgehead atoms. The maximum atomic E-state index is 13.4. The molecule has 1 N–H and O–H groups in total. The van der Waals surface area contributed by atoms with Crippen molar-refractivity contribution in [1.82, 2.24) is 4.90 Å². The Balaban J connectivity index is 3.03. The zero-order valence-electron chi connectivity index (χ0n) is 10.8. The minimum absolute atomic E-state index is 0.0151. The summed E-state index contributed by atoms with van der Waals surface area (Å²) in [6.45, 7) is -0.427. The van der Waals surface area contributed by atoms with Crippen molar-refractivity contribution in [3.63, 3.8) is 0 Å². The third-order valence-corrected chi connectivity index (χ3v) is 2.52. The highest BCUT2D eigenvalue weighted by Gasteiger charge is 2.27. The molecule has 0 spiro atoms. The van der Waals surface area contributed by atoms with E-state index in [2.05, 4.69) is 4.74 Å². The number of amides is 1. The van der Waals surface area contributed by atoms with E-state index >= 15 is 0 Å². The second-order valence-corrected chi connectivity index (χ2v) is 4.14. The number of halogens is 4. The summed E-state index contributed by atoms with van der Waals surface area (Å²) >= 11 is 0. The normalized spacial score (nSPS) is 12.3. The summed E-state index contributed by atoms with van der Waals surface area (Å²) < 4.78 is 57.5. The number of hydrogen-bond donors (Lipinski definition) is 1. The summed E-state index contributed by atoms with van der Waals surface area (Å²) in [7, 11) is 2.44. The van der Waals surface area contributed by atoms with E-state index in [1.807, 2.05) is 0 Å². The molecule has 1 rings (SSSR count). The van der Waals surface area contributed by atoms with Crippen molar-refractivity contribution in [1.29, 1.82) is 0 Å². The zero-order valence-corrected chi connectivity index (χ0v) is 10.8. The van der Waals surface area contributed by atoms with Crippen LogP contribution in [0.25, 0.3) is 0 Å². The van der Waals surface area contributed by atoms with Crippen LogP contribution in [0.15, 0.2) is 6.07 Å². The number of methoxy groups -OCH3 is 1. The van der Waals surface area contributed by atoms with Crippen LogP contribution in [0.4, 0.5) is 17.6 Å². The first-order valence-corrected chi connectivity index (χ1v) is 5.55. The van der Waals surface area contributed by atoms with E-state index in [4.69, 9.17) is 0 Å². The standard InChI is InChI=1S/C12H13F4NO3/c1-17(4-6(18)5-20-2)12(19)9-10(15)7(13)3-8(14)11(9)16/h3,6,18H,4-5H2,1-2H3. The number of rotatable bonds is 5. The lowest BCUT2D eigenvalue weighted by molar-refractivity contribution is 0.0375. The summed E-state index contributed by atoms with van der Waals surface area (Å²) in [6.07, 6.45) is -1.10. The summed E-state index contributed by atoms with van der Waals surface area (Å²) in [4.78, 5) is 12.5. The molecule has 1 aromatic carbocycles. The Morgan fingerprint density at radius 1 is 1.30 bits per heavy atom. The molecule has 112 valence electrons. The van der Waals surface area contributed by atoms with Crippen LogP contribution in [0, 0.1) is 23.3 Å². The van der Waals surface area contributed by atoms with Crippen LogP contribution in [-0.2, 0) is 4.74 Å². The predicted molar refractivity (Wildman–Crippen MR) is 61.1 cm³/mol. The molecule has 1 amide bonds. The summed E-state index contributed by atoms with van der Waals surface area (Å²) in [5.74, 6) is -8.17. The monoisotopic (exact) mass is 295 g/mol. The fraction of sp³-hybridized carbons (Fsp3) is 0.417. The van der Waals surface area contributed by atoms with Gasteiger partial charge in [0.2, 0.25) is 0 Å². The number of benzene rings is 1. The molecule has 1 atom stereocenters. The first kappa shape index (κ1) is 16.4. The third-order valence-electron chi connectivity index (χ3n) is 2.52. The van der Waals surface area contributed by atoms with E-state index in [0.717, 1.165) is 11.9 Å². The van der Waals surface area contributed by atoms with Crippen molar-refractivity contribution in [3.05, 3.63) is 34.9 Å². The van der Waals surface area contributed by atoms with Crippen molar-refractivity contribution in [2.24, 2.45) is 0 Å². The lowest BCUT2D eigenvalue weighted by Crippen LogP contribution is -2.37. The number of aliphatic hydroxyl groups excluding tert-OH is 1. The van der Waals surface area contributed by atoms with Gasteiger partial charge in [-0.05, 0) is 0 Å². The van der Waals surface area contributed by atoms with Crippen LogP contribution >= 0.6 is 0 Å². The number of hydrogen-bond acceptors (Lipinski definition) is 3. The van der Waals surface area contributed by atoms with Crippen molar-refractivity contribution in [3.8, 4) is 0 Å². The predicted octanol–water partition coefficient (Wildman–Crippen LogP) is 1.32.